The molecule has 3 rings (SSSR count). The van der Waals surface area contributed by atoms with Gasteiger partial charge in [0, 0.05) is 57.5 Å². The predicted molar refractivity (Wildman–Crippen MR) is 92.3 cm³/mol. The molecule has 0 aromatic carbocycles. The molecule has 2 N–H and O–H groups in total. The summed E-state index contributed by atoms with van der Waals surface area (Å²) in [5, 5.41) is 11.4. The van der Waals surface area contributed by atoms with Crippen LogP contribution in [-0.2, 0) is 17.8 Å². The molecule has 130 valence electrons. The highest BCUT2D eigenvalue weighted by Gasteiger charge is 2.18. The number of pyridine rings is 1. The maximum absolute atomic E-state index is 5.46. The van der Waals surface area contributed by atoms with Gasteiger partial charge in [0.2, 0.25) is 5.88 Å². The zero-order chi connectivity index (χ0) is 16.8. The van der Waals surface area contributed by atoms with Crippen molar-refractivity contribution >= 4 is 5.82 Å². The van der Waals surface area contributed by atoms with Gasteiger partial charge in [0.1, 0.15) is 12.4 Å². The highest BCUT2D eigenvalue weighted by Crippen LogP contribution is 2.18. The summed E-state index contributed by atoms with van der Waals surface area (Å²) >= 11 is 0. The lowest BCUT2D eigenvalue weighted by atomic mass is 10.1. The first-order valence-electron chi connectivity index (χ1n) is 8.30. The van der Waals surface area contributed by atoms with Crippen LogP contribution < -0.4 is 15.4 Å². The molecule has 0 fully saturated rings. The fraction of sp³-hybridized carbons (Fsp3) is 0.529. The highest BCUT2D eigenvalue weighted by molar-refractivity contribution is 5.38. The fourth-order valence-corrected chi connectivity index (χ4v) is 2.77. The number of hydrogen-bond donors (Lipinski definition) is 2. The van der Waals surface area contributed by atoms with Crippen LogP contribution in [0, 0.1) is 12.8 Å². The Balaban J connectivity index is 1.40. The van der Waals surface area contributed by atoms with E-state index in [2.05, 4.69) is 31.5 Å². The molecule has 2 aromatic heterocycles. The summed E-state index contributed by atoms with van der Waals surface area (Å²) in [5.41, 5.74) is 2.21. The average Bonchev–Trinajstić information content (AvgIpc) is 2.96. The maximum atomic E-state index is 5.46. The SMILES string of the molecule is COCCOc1ccc(CNC[C@@H]2CNc3cc(C)nn3C2)cn1. The Hall–Kier alpha value is -2.12. The molecule has 7 nitrogen and oxygen atoms in total. The van der Waals surface area contributed by atoms with Crippen LogP contribution in [0.2, 0.25) is 0 Å². The zero-order valence-electron chi connectivity index (χ0n) is 14.3. The van der Waals surface area contributed by atoms with Crippen molar-refractivity contribution in [3.8, 4) is 5.88 Å². The van der Waals surface area contributed by atoms with E-state index in [4.69, 9.17) is 9.47 Å². The number of fused-ring (bicyclic) bond motifs is 1. The molecule has 0 aliphatic carbocycles. The van der Waals surface area contributed by atoms with Gasteiger partial charge in [-0.2, -0.15) is 5.10 Å². The fourth-order valence-electron chi connectivity index (χ4n) is 2.77. The van der Waals surface area contributed by atoms with Crippen molar-refractivity contribution in [3.63, 3.8) is 0 Å². The highest BCUT2D eigenvalue weighted by atomic mass is 16.5. The zero-order valence-corrected chi connectivity index (χ0v) is 14.3. The molecule has 24 heavy (non-hydrogen) atoms. The summed E-state index contributed by atoms with van der Waals surface area (Å²) in [6.45, 7) is 6.78. The van der Waals surface area contributed by atoms with E-state index in [-0.39, 0.29) is 0 Å². The van der Waals surface area contributed by atoms with E-state index in [0.717, 1.165) is 43.3 Å². The van der Waals surface area contributed by atoms with Gasteiger partial charge in [0.05, 0.1) is 12.3 Å². The lowest BCUT2D eigenvalue weighted by Gasteiger charge is -2.25. The Labute approximate surface area is 142 Å². The van der Waals surface area contributed by atoms with Crippen LogP contribution in [0.15, 0.2) is 24.4 Å². The van der Waals surface area contributed by atoms with Crippen molar-refractivity contribution in [1.29, 1.82) is 0 Å². The van der Waals surface area contributed by atoms with Gasteiger partial charge in [-0.1, -0.05) is 6.07 Å². The minimum atomic E-state index is 0.519. The van der Waals surface area contributed by atoms with E-state index < -0.39 is 0 Å². The van der Waals surface area contributed by atoms with E-state index in [1.807, 2.05) is 25.3 Å². The van der Waals surface area contributed by atoms with E-state index in [0.29, 0.717) is 25.0 Å². The second-order valence-electron chi connectivity index (χ2n) is 6.08. The average molecular weight is 331 g/mol. The molecule has 0 unspecified atom stereocenters. The first-order chi connectivity index (χ1) is 11.7. The molecule has 7 heteroatoms. The Morgan fingerprint density at radius 3 is 3.08 bits per heavy atom. The number of ether oxygens (including phenoxy) is 2. The molecule has 0 bridgehead atoms. The monoisotopic (exact) mass is 331 g/mol. The molecule has 0 amide bonds. The van der Waals surface area contributed by atoms with Gasteiger partial charge < -0.3 is 20.1 Å². The van der Waals surface area contributed by atoms with Crippen molar-refractivity contribution in [1.82, 2.24) is 20.1 Å². The summed E-state index contributed by atoms with van der Waals surface area (Å²) in [5.74, 6) is 2.28. The molecule has 0 radical (unpaired) electrons. The number of rotatable bonds is 8. The number of anilines is 1. The summed E-state index contributed by atoms with van der Waals surface area (Å²) in [6, 6.07) is 6.02. The third-order valence-electron chi connectivity index (χ3n) is 4.00. The first kappa shape index (κ1) is 16.7. The van der Waals surface area contributed by atoms with Crippen LogP contribution in [0.5, 0.6) is 5.88 Å². The molecule has 1 aliphatic rings. The molecular formula is C17H25N5O2. The topological polar surface area (TPSA) is 73.2 Å². The van der Waals surface area contributed by atoms with Crippen molar-refractivity contribution in [2.75, 3.05) is 38.7 Å². The molecule has 1 atom stereocenters. The van der Waals surface area contributed by atoms with Crippen LogP contribution in [0.3, 0.4) is 0 Å². The second-order valence-corrected chi connectivity index (χ2v) is 6.08. The molecule has 2 aromatic rings. The maximum Gasteiger partial charge on any atom is 0.213 e. The Bertz CT molecular complexity index is 641. The van der Waals surface area contributed by atoms with Crippen LogP contribution in [0.25, 0.3) is 0 Å². The van der Waals surface area contributed by atoms with E-state index in [1.165, 1.54) is 0 Å². The van der Waals surface area contributed by atoms with Crippen molar-refractivity contribution in [2.24, 2.45) is 5.92 Å². The molecule has 1 aliphatic heterocycles. The van der Waals surface area contributed by atoms with Crippen molar-refractivity contribution in [2.45, 2.75) is 20.0 Å². The summed E-state index contributed by atoms with van der Waals surface area (Å²) in [4.78, 5) is 4.30. The predicted octanol–water partition coefficient (Wildman–Crippen LogP) is 1.44. The van der Waals surface area contributed by atoms with E-state index >= 15 is 0 Å². The van der Waals surface area contributed by atoms with Crippen molar-refractivity contribution in [3.05, 3.63) is 35.7 Å². The largest absolute Gasteiger partial charge is 0.475 e. The number of aromatic nitrogens is 3. The molecule has 3 heterocycles. The van der Waals surface area contributed by atoms with E-state index in [1.54, 1.807) is 7.11 Å². The smallest absolute Gasteiger partial charge is 0.213 e. The van der Waals surface area contributed by atoms with Gasteiger partial charge in [-0.05, 0) is 12.5 Å². The van der Waals surface area contributed by atoms with Gasteiger partial charge in [-0.15, -0.1) is 0 Å². The Kier molecular flexibility index (Phi) is 5.66. The van der Waals surface area contributed by atoms with Gasteiger partial charge in [0.15, 0.2) is 0 Å². The van der Waals surface area contributed by atoms with Crippen LogP contribution >= 0.6 is 0 Å². The number of hydrogen-bond acceptors (Lipinski definition) is 6. The molecular weight excluding hydrogens is 306 g/mol. The lowest BCUT2D eigenvalue weighted by Crippen LogP contribution is -2.35. The summed E-state index contributed by atoms with van der Waals surface area (Å²) in [6.07, 6.45) is 1.85. The van der Waals surface area contributed by atoms with E-state index in [9.17, 15) is 0 Å². The number of nitrogens with zero attached hydrogens (tertiary/aromatic N) is 3. The second kappa shape index (κ2) is 8.12. The van der Waals surface area contributed by atoms with Gasteiger partial charge in [-0.3, -0.25) is 0 Å². The Morgan fingerprint density at radius 1 is 1.38 bits per heavy atom. The van der Waals surface area contributed by atoms with Gasteiger partial charge in [-0.25, -0.2) is 9.67 Å². The van der Waals surface area contributed by atoms with Crippen LogP contribution in [0.1, 0.15) is 11.3 Å². The summed E-state index contributed by atoms with van der Waals surface area (Å²) in [7, 11) is 1.65. The van der Waals surface area contributed by atoms with Gasteiger partial charge >= 0.3 is 0 Å². The molecule has 0 saturated heterocycles. The number of aryl methyl sites for hydroxylation is 1. The van der Waals surface area contributed by atoms with Gasteiger partial charge in [0.25, 0.3) is 0 Å². The normalized spacial score (nSPS) is 16.5. The minimum Gasteiger partial charge on any atom is -0.475 e. The first-order valence-corrected chi connectivity index (χ1v) is 8.30. The van der Waals surface area contributed by atoms with Crippen LogP contribution in [-0.4, -0.2) is 48.2 Å². The minimum absolute atomic E-state index is 0.519. The third-order valence-corrected chi connectivity index (χ3v) is 4.00. The standard InChI is InChI=1S/C17H25N5O2/c1-13-7-16-19-11-15(12-22(16)21-13)9-18-8-14-3-4-17(20-10-14)24-6-5-23-2/h3-4,7,10,15,18-19H,5-6,8-9,11-12H2,1-2H3/t15-/m1/s1. The quantitative estimate of drug-likeness (QED) is 0.713. The van der Waals surface area contributed by atoms with Crippen molar-refractivity contribution < 1.29 is 9.47 Å². The Morgan fingerprint density at radius 2 is 2.29 bits per heavy atom. The molecule has 0 saturated carbocycles. The third kappa shape index (κ3) is 4.46. The summed E-state index contributed by atoms with van der Waals surface area (Å²) < 4.78 is 12.5. The number of nitrogens with one attached hydrogen (secondary N) is 2. The lowest BCUT2D eigenvalue weighted by molar-refractivity contribution is 0.143. The number of methoxy groups -OCH3 is 1. The van der Waals surface area contributed by atoms with Crippen LogP contribution in [0.4, 0.5) is 5.82 Å². The molecule has 0 spiro atoms.